The van der Waals surface area contributed by atoms with Crippen molar-refractivity contribution in [1.82, 2.24) is 20.4 Å². The van der Waals surface area contributed by atoms with Crippen LogP contribution in [0.3, 0.4) is 0 Å². The molecular weight excluding hydrogens is 379 g/mol. The number of nitrogens with one attached hydrogen (secondary N) is 2. The van der Waals surface area contributed by atoms with Crippen molar-refractivity contribution in [2.24, 2.45) is 0 Å². The number of fused-ring (bicyclic) bond motifs is 1. The molecule has 146 valence electrons. The second kappa shape index (κ2) is 7.33. The van der Waals surface area contributed by atoms with Crippen molar-refractivity contribution in [2.45, 2.75) is 19.9 Å². The first-order valence-corrected chi connectivity index (χ1v) is 9.79. The van der Waals surface area contributed by atoms with Gasteiger partial charge in [-0.1, -0.05) is 12.1 Å². The first-order chi connectivity index (χ1) is 13.4. The maximum Gasteiger partial charge on any atom is 0.263 e. The summed E-state index contributed by atoms with van der Waals surface area (Å²) in [5, 5.41) is 15.1. The fourth-order valence-corrected chi connectivity index (χ4v) is 4.26. The van der Waals surface area contributed by atoms with E-state index in [4.69, 9.17) is 5.73 Å². The Labute approximate surface area is 165 Å². The van der Waals surface area contributed by atoms with Gasteiger partial charge in [0.05, 0.1) is 29.8 Å². The summed E-state index contributed by atoms with van der Waals surface area (Å²) < 4.78 is 13.6. The molecule has 4 rings (SSSR count). The third-order valence-corrected chi connectivity index (χ3v) is 6.09. The maximum atomic E-state index is 13.6. The average Bonchev–Trinajstić information content (AvgIpc) is 2.98. The van der Waals surface area contributed by atoms with Gasteiger partial charge in [-0.2, -0.15) is 5.10 Å². The van der Waals surface area contributed by atoms with E-state index in [0.717, 1.165) is 16.6 Å². The maximum absolute atomic E-state index is 13.6. The second-order valence-corrected chi connectivity index (χ2v) is 7.96. The van der Waals surface area contributed by atoms with Crippen molar-refractivity contribution in [3.63, 3.8) is 0 Å². The van der Waals surface area contributed by atoms with E-state index in [2.05, 4.69) is 25.7 Å². The lowest BCUT2D eigenvalue weighted by Crippen LogP contribution is -2.60. The lowest BCUT2D eigenvalue weighted by atomic mass is 10.1. The molecule has 0 aliphatic carbocycles. The highest BCUT2D eigenvalue weighted by Crippen LogP contribution is 2.34. The van der Waals surface area contributed by atoms with Crippen molar-refractivity contribution in [1.29, 1.82) is 0 Å². The summed E-state index contributed by atoms with van der Waals surface area (Å²) in [6.45, 7) is 5.71. The Kier molecular flexibility index (Phi) is 4.86. The van der Waals surface area contributed by atoms with Crippen LogP contribution < -0.4 is 16.4 Å². The molecule has 4 N–H and O–H groups in total. The van der Waals surface area contributed by atoms with Crippen LogP contribution in [-0.4, -0.2) is 46.8 Å². The summed E-state index contributed by atoms with van der Waals surface area (Å²) in [6, 6.07) is 6.60. The molecule has 28 heavy (non-hydrogen) atoms. The number of carbonyl (C=O) groups excluding carboxylic acids is 1. The minimum Gasteiger partial charge on any atom is -0.397 e. The molecule has 0 spiro atoms. The topological polar surface area (TPSA) is 96.2 Å². The lowest BCUT2D eigenvalue weighted by molar-refractivity contribution is 0.0833. The van der Waals surface area contributed by atoms with Crippen LogP contribution in [0.1, 0.15) is 20.9 Å². The van der Waals surface area contributed by atoms with E-state index in [1.807, 2.05) is 13.8 Å². The molecule has 3 heterocycles. The van der Waals surface area contributed by atoms with Crippen LogP contribution in [0, 0.1) is 19.7 Å². The predicted molar refractivity (Wildman–Crippen MR) is 109 cm³/mol. The molecule has 1 aliphatic rings. The van der Waals surface area contributed by atoms with Crippen molar-refractivity contribution < 1.29 is 9.18 Å². The van der Waals surface area contributed by atoms with Gasteiger partial charge in [0.15, 0.2) is 0 Å². The number of amides is 1. The zero-order valence-electron chi connectivity index (χ0n) is 15.6. The zero-order chi connectivity index (χ0) is 19.8. The van der Waals surface area contributed by atoms with E-state index in [0.29, 0.717) is 40.8 Å². The third kappa shape index (κ3) is 3.38. The normalized spacial score (nSPS) is 14.8. The van der Waals surface area contributed by atoms with Gasteiger partial charge >= 0.3 is 0 Å². The molecule has 0 bridgehead atoms. The number of nitrogen functional groups attached to an aromatic ring is 1. The van der Waals surface area contributed by atoms with Gasteiger partial charge in [0.25, 0.3) is 5.91 Å². The quantitative estimate of drug-likeness (QED) is 0.609. The highest BCUT2D eigenvalue weighted by Gasteiger charge is 2.29. The number of nitrogens with zero attached hydrogens (tertiary/aromatic N) is 3. The number of halogens is 1. The largest absolute Gasteiger partial charge is 0.397 e. The summed E-state index contributed by atoms with van der Waals surface area (Å²) in [4.78, 5) is 15.9. The molecule has 7 nitrogen and oxygen atoms in total. The molecule has 0 radical (unpaired) electrons. The number of para-hydroxylation sites is 1. The summed E-state index contributed by atoms with van der Waals surface area (Å²) >= 11 is 1.26. The minimum atomic E-state index is -0.276. The molecule has 2 aromatic heterocycles. The fraction of sp³-hybridized carbons (Fsp3) is 0.316. The van der Waals surface area contributed by atoms with Crippen LogP contribution in [0.2, 0.25) is 0 Å². The molecule has 0 unspecified atom stereocenters. The summed E-state index contributed by atoms with van der Waals surface area (Å²) in [7, 11) is 0. The van der Waals surface area contributed by atoms with Gasteiger partial charge in [-0.15, -0.1) is 16.4 Å². The van der Waals surface area contributed by atoms with Gasteiger partial charge < -0.3 is 16.4 Å². The van der Waals surface area contributed by atoms with Crippen LogP contribution in [0.25, 0.3) is 10.2 Å². The van der Waals surface area contributed by atoms with E-state index in [-0.39, 0.29) is 17.8 Å². The number of anilines is 2. The number of rotatable bonds is 5. The summed E-state index contributed by atoms with van der Waals surface area (Å²) in [6.07, 6.45) is 0. The summed E-state index contributed by atoms with van der Waals surface area (Å²) in [5.74, 6) is -0.467. The number of thiophene rings is 1. The van der Waals surface area contributed by atoms with Gasteiger partial charge in [-0.05, 0) is 31.5 Å². The number of likely N-dealkylation sites (tertiary alicyclic amines) is 1. The van der Waals surface area contributed by atoms with E-state index < -0.39 is 0 Å². The van der Waals surface area contributed by atoms with E-state index in [1.165, 1.54) is 17.4 Å². The number of nitrogens with two attached hydrogens (primary N) is 1. The predicted octanol–water partition coefficient (Wildman–Crippen LogP) is 2.51. The van der Waals surface area contributed by atoms with Gasteiger partial charge in [0, 0.05) is 18.5 Å². The first-order valence-electron chi connectivity index (χ1n) is 8.97. The molecule has 9 heteroatoms. The Hall–Kier alpha value is -2.78. The van der Waals surface area contributed by atoms with Crippen molar-refractivity contribution >= 4 is 38.8 Å². The van der Waals surface area contributed by atoms with Crippen molar-refractivity contribution in [3.05, 3.63) is 46.2 Å². The standard InChI is InChI=1S/C19H21FN6OS/c1-10-11(2)24-25-19-15(10)16(21)17(28-19)18(27)23-12-7-26(8-12)9-22-14-6-4-3-5-13(14)20/h3-6,12,22H,7-9,21H2,1-2H3,(H,23,27). The molecule has 1 amide bonds. The molecule has 0 atom stereocenters. The SMILES string of the molecule is Cc1nnc2sc(C(=O)NC3CN(CNc4ccccc4F)C3)c(N)c2c1C. The zero-order valence-corrected chi connectivity index (χ0v) is 16.4. The molecular formula is C19H21FN6OS. The fourth-order valence-electron chi connectivity index (χ4n) is 3.25. The number of aromatic nitrogens is 2. The second-order valence-electron chi connectivity index (χ2n) is 6.96. The Morgan fingerprint density at radius 2 is 2.07 bits per heavy atom. The number of hydrogen-bond acceptors (Lipinski definition) is 7. The lowest BCUT2D eigenvalue weighted by Gasteiger charge is -2.39. The Bertz CT molecular complexity index is 1050. The number of benzene rings is 1. The highest BCUT2D eigenvalue weighted by molar-refractivity contribution is 7.21. The average molecular weight is 400 g/mol. The van der Waals surface area contributed by atoms with Crippen molar-refractivity contribution in [2.75, 3.05) is 30.8 Å². The number of aryl methyl sites for hydroxylation is 2. The van der Waals surface area contributed by atoms with Gasteiger partial charge in [-0.25, -0.2) is 4.39 Å². The number of hydrogen-bond donors (Lipinski definition) is 3. The first kappa shape index (κ1) is 18.6. The van der Waals surface area contributed by atoms with Gasteiger partial charge in [0.2, 0.25) is 0 Å². The monoisotopic (exact) mass is 400 g/mol. The van der Waals surface area contributed by atoms with Crippen LogP contribution in [-0.2, 0) is 0 Å². The van der Waals surface area contributed by atoms with Gasteiger partial charge in [-0.3, -0.25) is 9.69 Å². The third-order valence-electron chi connectivity index (χ3n) is 5.00. The molecule has 1 fully saturated rings. The number of carbonyl (C=O) groups is 1. The van der Waals surface area contributed by atoms with Gasteiger partial charge in [0.1, 0.15) is 15.5 Å². The molecule has 1 saturated heterocycles. The van der Waals surface area contributed by atoms with E-state index in [9.17, 15) is 9.18 Å². The molecule has 1 aliphatic heterocycles. The molecule has 0 saturated carbocycles. The van der Waals surface area contributed by atoms with E-state index >= 15 is 0 Å². The van der Waals surface area contributed by atoms with Crippen LogP contribution in [0.5, 0.6) is 0 Å². The smallest absolute Gasteiger partial charge is 0.263 e. The van der Waals surface area contributed by atoms with E-state index in [1.54, 1.807) is 18.2 Å². The van der Waals surface area contributed by atoms with Crippen LogP contribution >= 0.6 is 11.3 Å². The highest BCUT2D eigenvalue weighted by atomic mass is 32.1. The molecule has 3 aromatic rings. The van der Waals surface area contributed by atoms with Crippen LogP contribution in [0.4, 0.5) is 15.8 Å². The van der Waals surface area contributed by atoms with Crippen LogP contribution in [0.15, 0.2) is 24.3 Å². The van der Waals surface area contributed by atoms with Crippen molar-refractivity contribution in [3.8, 4) is 0 Å². The Morgan fingerprint density at radius 3 is 2.82 bits per heavy atom. The Morgan fingerprint density at radius 1 is 1.32 bits per heavy atom. The molecule has 1 aromatic carbocycles. The Balaban J connectivity index is 1.35. The summed E-state index contributed by atoms with van der Waals surface area (Å²) in [5.41, 5.74) is 8.92. The minimum absolute atomic E-state index is 0.0356.